The van der Waals surface area contributed by atoms with Gasteiger partial charge in [-0.2, -0.15) is 0 Å². The van der Waals surface area contributed by atoms with Gasteiger partial charge in [0.2, 0.25) is 0 Å². The van der Waals surface area contributed by atoms with E-state index in [4.69, 9.17) is 0 Å². The predicted molar refractivity (Wildman–Crippen MR) is 76.6 cm³/mol. The van der Waals surface area contributed by atoms with Crippen molar-refractivity contribution in [2.45, 2.75) is 38.6 Å². The quantitative estimate of drug-likeness (QED) is 0.757. The maximum absolute atomic E-state index is 11.1. The largest absolute Gasteiger partial charge is 0.313 e. The van der Waals surface area contributed by atoms with Gasteiger partial charge in [-0.15, -0.1) is 0 Å². The molecule has 1 N–H and O–H groups in total. The van der Waals surface area contributed by atoms with Crippen LogP contribution in [-0.2, 0) is 9.84 Å². The third-order valence-electron chi connectivity index (χ3n) is 3.71. The molecule has 18 heavy (non-hydrogen) atoms. The minimum Gasteiger partial charge on any atom is -0.313 e. The molecule has 0 bridgehead atoms. The summed E-state index contributed by atoms with van der Waals surface area (Å²) in [5.74, 6) is 1.10. The molecule has 0 saturated heterocycles. The summed E-state index contributed by atoms with van der Waals surface area (Å²) in [5.41, 5.74) is 0. The lowest BCUT2D eigenvalue weighted by Gasteiger charge is -2.28. The Balaban J connectivity index is 2.09. The van der Waals surface area contributed by atoms with E-state index in [0.717, 1.165) is 19.0 Å². The molecule has 1 aliphatic carbocycles. The molecule has 0 heterocycles. The highest BCUT2D eigenvalue weighted by Crippen LogP contribution is 2.23. The van der Waals surface area contributed by atoms with E-state index in [-0.39, 0.29) is 5.75 Å². The Morgan fingerprint density at radius 2 is 2.00 bits per heavy atom. The molecule has 2 unspecified atom stereocenters. The zero-order chi connectivity index (χ0) is 13.6. The van der Waals surface area contributed by atoms with Crippen molar-refractivity contribution in [1.29, 1.82) is 0 Å². The van der Waals surface area contributed by atoms with Gasteiger partial charge in [0.1, 0.15) is 9.84 Å². The van der Waals surface area contributed by atoms with Gasteiger partial charge in [-0.25, -0.2) is 8.42 Å². The van der Waals surface area contributed by atoms with E-state index in [9.17, 15) is 8.42 Å². The zero-order valence-electron chi connectivity index (χ0n) is 12.0. The molecule has 0 radical (unpaired) electrons. The van der Waals surface area contributed by atoms with Crippen LogP contribution in [0.4, 0.5) is 0 Å². The van der Waals surface area contributed by atoms with Crippen LogP contribution in [0.2, 0.25) is 0 Å². The van der Waals surface area contributed by atoms with Crippen molar-refractivity contribution >= 4 is 9.84 Å². The van der Waals surface area contributed by atoms with Crippen LogP contribution in [0, 0.1) is 5.92 Å². The Labute approximate surface area is 112 Å². The lowest BCUT2D eigenvalue weighted by atomic mass is 9.87. The predicted octanol–water partition coefficient (Wildman–Crippen LogP) is 1.13. The van der Waals surface area contributed by atoms with Crippen molar-refractivity contribution in [3.63, 3.8) is 0 Å². The molecular formula is C13H28N2O2S. The van der Waals surface area contributed by atoms with E-state index in [2.05, 4.69) is 17.1 Å². The van der Waals surface area contributed by atoms with Gasteiger partial charge in [0.25, 0.3) is 0 Å². The van der Waals surface area contributed by atoms with Crippen LogP contribution in [0.15, 0.2) is 0 Å². The Morgan fingerprint density at radius 3 is 2.61 bits per heavy atom. The number of nitrogens with one attached hydrogen (secondary N) is 1. The monoisotopic (exact) mass is 276 g/mol. The van der Waals surface area contributed by atoms with Crippen molar-refractivity contribution < 1.29 is 8.42 Å². The number of sulfone groups is 1. The van der Waals surface area contributed by atoms with Crippen molar-refractivity contribution in [1.82, 2.24) is 10.2 Å². The summed E-state index contributed by atoms with van der Waals surface area (Å²) in [6, 6.07) is 0.664. The van der Waals surface area contributed by atoms with Crippen molar-refractivity contribution in [3.05, 3.63) is 0 Å². The molecule has 4 nitrogen and oxygen atoms in total. The maximum atomic E-state index is 11.1. The zero-order valence-corrected chi connectivity index (χ0v) is 12.8. The highest BCUT2D eigenvalue weighted by atomic mass is 32.2. The molecule has 0 spiro atoms. The number of hydrogen-bond donors (Lipinski definition) is 1. The normalized spacial score (nSPS) is 25.6. The summed E-state index contributed by atoms with van der Waals surface area (Å²) in [5, 5.41) is 3.59. The minimum absolute atomic E-state index is 0.254. The van der Waals surface area contributed by atoms with E-state index in [1.165, 1.54) is 31.9 Å². The summed E-state index contributed by atoms with van der Waals surface area (Å²) in [4.78, 5) is 2.08. The topological polar surface area (TPSA) is 49.4 Å². The van der Waals surface area contributed by atoms with Crippen LogP contribution in [0.1, 0.15) is 32.6 Å². The van der Waals surface area contributed by atoms with Gasteiger partial charge in [-0.05, 0) is 25.8 Å². The van der Waals surface area contributed by atoms with Gasteiger partial charge in [-0.3, -0.25) is 0 Å². The average molecular weight is 276 g/mol. The van der Waals surface area contributed by atoms with E-state index in [1.54, 1.807) is 0 Å². The number of rotatable bonds is 7. The first-order valence-electron chi connectivity index (χ1n) is 6.96. The van der Waals surface area contributed by atoms with Gasteiger partial charge in [0.05, 0.1) is 5.75 Å². The number of likely N-dealkylation sites (N-methyl/N-ethyl adjacent to an activating group) is 1. The van der Waals surface area contributed by atoms with Crippen LogP contribution in [0.3, 0.4) is 0 Å². The molecular weight excluding hydrogens is 248 g/mol. The first kappa shape index (κ1) is 15.9. The third kappa shape index (κ3) is 7.34. The Hall–Kier alpha value is -0.130. The smallest absolute Gasteiger partial charge is 0.148 e. The first-order valence-corrected chi connectivity index (χ1v) is 9.02. The summed E-state index contributed by atoms with van der Waals surface area (Å²) >= 11 is 0. The van der Waals surface area contributed by atoms with Crippen molar-refractivity contribution in [2.75, 3.05) is 38.7 Å². The van der Waals surface area contributed by atoms with Crippen LogP contribution < -0.4 is 5.32 Å². The molecule has 1 fully saturated rings. The van der Waals surface area contributed by atoms with E-state index in [1.807, 2.05) is 7.05 Å². The first-order chi connectivity index (χ1) is 8.37. The lowest BCUT2D eigenvalue weighted by molar-refractivity contribution is 0.282. The van der Waals surface area contributed by atoms with E-state index < -0.39 is 9.84 Å². The standard InChI is InChI=1S/C13H28N2O2S/c1-12-5-4-6-13(11-12)14-7-8-15(2)9-10-18(3,16)17/h12-14H,4-11H2,1-3H3. The molecule has 2 atom stereocenters. The van der Waals surface area contributed by atoms with Gasteiger partial charge >= 0.3 is 0 Å². The Morgan fingerprint density at radius 1 is 1.28 bits per heavy atom. The molecule has 108 valence electrons. The molecule has 5 heteroatoms. The summed E-state index contributed by atoms with van der Waals surface area (Å²) in [6.07, 6.45) is 6.57. The van der Waals surface area contributed by atoms with Gasteiger partial charge in [0.15, 0.2) is 0 Å². The second-order valence-electron chi connectivity index (χ2n) is 5.86. The van der Waals surface area contributed by atoms with Gasteiger partial charge in [-0.1, -0.05) is 19.8 Å². The second kappa shape index (κ2) is 7.46. The van der Waals surface area contributed by atoms with Crippen LogP contribution in [-0.4, -0.2) is 58.1 Å². The number of nitrogens with zero attached hydrogens (tertiary/aromatic N) is 1. The molecule has 1 aliphatic rings. The molecule has 0 aromatic heterocycles. The highest BCUT2D eigenvalue weighted by Gasteiger charge is 2.17. The van der Waals surface area contributed by atoms with Gasteiger partial charge < -0.3 is 10.2 Å². The van der Waals surface area contributed by atoms with Crippen molar-refractivity contribution in [2.24, 2.45) is 5.92 Å². The summed E-state index contributed by atoms with van der Waals surface area (Å²) < 4.78 is 22.1. The minimum atomic E-state index is -2.83. The SMILES string of the molecule is CC1CCCC(NCCN(C)CCS(C)(=O)=O)C1. The molecule has 0 aromatic carbocycles. The molecule has 1 rings (SSSR count). The third-order valence-corrected chi connectivity index (χ3v) is 4.63. The van der Waals surface area contributed by atoms with E-state index >= 15 is 0 Å². The fraction of sp³-hybridized carbons (Fsp3) is 1.00. The fourth-order valence-electron chi connectivity index (χ4n) is 2.51. The second-order valence-corrected chi connectivity index (χ2v) is 8.12. The summed E-state index contributed by atoms with van der Waals surface area (Å²) in [6.45, 7) is 4.83. The van der Waals surface area contributed by atoms with Crippen LogP contribution in [0.25, 0.3) is 0 Å². The Kier molecular flexibility index (Phi) is 6.60. The molecule has 1 saturated carbocycles. The maximum Gasteiger partial charge on any atom is 0.148 e. The van der Waals surface area contributed by atoms with E-state index in [0.29, 0.717) is 12.6 Å². The van der Waals surface area contributed by atoms with Gasteiger partial charge in [0, 0.05) is 31.9 Å². The fourth-order valence-corrected chi connectivity index (χ4v) is 3.16. The molecule has 0 aromatic rings. The average Bonchev–Trinajstić information content (AvgIpc) is 2.25. The number of hydrogen-bond acceptors (Lipinski definition) is 4. The highest BCUT2D eigenvalue weighted by molar-refractivity contribution is 7.90. The van der Waals surface area contributed by atoms with Crippen LogP contribution >= 0.6 is 0 Å². The molecule has 0 aliphatic heterocycles. The Bertz CT molecular complexity index is 330. The molecule has 0 amide bonds. The lowest BCUT2D eigenvalue weighted by Crippen LogP contribution is -2.39. The van der Waals surface area contributed by atoms with Crippen LogP contribution in [0.5, 0.6) is 0 Å². The summed E-state index contributed by atoms with van der Waals surface area (Å²) in [7, 11) is -0.852. The van der Waals surface area contributed by atoms with Crippen molar-refractivity contribution in [3.8, 4) is 0 Å².